The van der Waals surface area contributed by atoms with E-state index in [9.17, 15) is 32.7 Å². The second-order valence-corrected chi connectivity index (χ2v) is 8.96. The summed E-state index contributed by atoms with van der Waals surface area (Å²) in [7, 11) is 0. The van der Waals surface area contributed by atoms with Gasteiger partial charge < -0.3 is 20.5 Å². The molecule has 2 aliphatic carbocycles. The van der Waals surface area contributed by atoms with Gasteiger partial charge in [0.1, 0.15) is 6.61 Å². The molecule has 7 nitrogen and oxygen atoms in total. The van der Waals surface area contributed by atoms with Crippen molar-refractivity contribution in [3.05, 3.63) is 59.7 Å². The number of hydrogen-bond donors (Lipinski definition) is 3. The lowest BCUT2D eigenvalue weighted by Gasteiger charge is -2.38. The molecule has 1 saturated carbocycles. The minimum atomic E-state index is -4.93. The number of fused-ring (bicyclic) bond motifs is 3. The molecule has 0 spiro atoms. The van der Waals surface area contributed by atoms with Crippen LogP contribution in [0.2, 0.25) is 0 Å². The summed E-state index contributed by atoms with van der Waals surface area (Å²) >= 11 is 0. The maximum Gasteiger partial charge on any atom is 0.407 e. The maximum absolute atomic E-state index is 13.5. The number of nitrogens with one attached hydrogen (secondary N) is 2. The first-order chi connectivity index (χ1) is 16.6. The van der Waals surface area contributed by atoms with Gasteiger partial charge in [-0.1, -0.05) is 55.0 Å². The number of alkyl halides is 3. The highest BCUT2D eigenvalue weighted by Crippen LogP contribution is 2.44. The molecule has 2 aromatic carbocycles. The standard InChI is InChI=1S/C25H25F3N2O5/c26-25(27,28)20(21(31)30-14-24(22(32)33)10-5-11-24)12-29-23(34)35-13-19-17-8-3-1-6-15(17)16-7-2-4-9-18(16)19/h1-4,6-9,19-20H,5,10-14H2,(H,29,34)(H,30,31)(H,32,33). The van der Waals surface area contributed by atoms with Crippen molar-refractivity contribution >= 4 is 18.0 Å². The summed E-state index contributed by atoms with van der Waals surface area (Å²) in [5.74, 6) is -5.33. The Morgan fingerprint density at radius 1 is 1.00 bits per heavy atom. The van der Waals surface area contributed by atoms with E-state index < -0.39 is 48.6 Å². The number of ether oxygens (including phenoxy) is 1. The summed E-state index contributed by atoms with van der Waals surface area (Å²) in [5, 5.41) is 13.4. The van der Waals surface area contributed by atoms with Crippen LogP contribution in [0.1, 0.15) is 36.3 Å². The molecule has 0 aliphatic heterocycles. The van der Waals surface area contributed by atoms with Gasteiger partial charge in [-0.2, -0.15) is 13.2 Å². The lowest BCUT2D eigenvalue weighted by atomic mass is 9.68. The fraction of sp³-hybridized carbons (Fsp3) is 0.400. The zero-order valence-electron chi connectivity index (χ0n) is 18.7. The van der Waals surface area contributed by atoms with E-state index in [0.29, 0.717) is 6.42 Å². The van der Waals surface area contributed by atoms with Crippen LogP contribution in [0, 0.1) is 11.3 Å². The first kappa shape index (κ1) is 24.6. The molecule has 0 radical (unpaired) electrons. The van der Waals surface area contributed by atoms with Crippen LogP contribution < -0.4 is 10.6 Å². The van der Waals surface area contributed by atoms with Crippen LogP contribution in [-0.2, 0) is 14.3 Å². The summed E-state index contributed by atoms with van der Waals surface area (Å²) in [6, 6.07) is 15.3. The van der Waals surface area contributed by atoms with Crippen molar-refractivity contribution < 1.29 is 37.4 Å². The average Bonchev–Trinajstić information content (AvgIpc) is 3.09. The predicted octanol–water partition coefficient (Wildman–Crippen LogP) is 4.07. The molecule has 2 aromatic rings. The second kappa shape index (κ2) is 9.59. The SMILES string of the molecule is O=C(NCC(C(=O)NCC1(C(=O)O)CCC1)C(F)(F)F)OCC1c2ccccc2-c2ccccc21. The first-order valence-corrected chi connectivity index (χ1v) is 11.3. The lowest BCUT2D eigenvalue weighted by molar-refractivity contribution is -0.181. The van der Waals surface area contributed by atoms with Crippen molar-refractivity contribution in [2.24, 2.45) is 11.3 Å². The van der Waals surface area contributed by atoms with Crippen LogP contribution in [0.5, 0.6) is 0 Å². The van der Waals surface area contributed by atoms with Crippen molar-refractivity contribution in [1.82, 2.24) is 10.6 Å². The average molecular weight is 490 g/mol. The zero-order valence-corrected chi connectivity index (χ0v) is 18.7. The summed E-state index contributed by atoms with van der Waals surface area (Å²) < 4.78 is 45.7. The van der Waals surface area contributed by atoms with Crippen molar-refractivity contribution in [3.63, 3.8) is 0 Å². The molecule has 1 fully saturated rings. The summed E-state index contributed by atoms with van der Waals surface area (Å²) in [4.78, 5) is 35.9. The van der Waals surface area contributed by atoms with Crippen LogP contribution in [0.25, 0.3) is 11.1 Å². The number of carboxylic acids is 1. The van der Waals surface area contributed by atoms with Gasteiger partial charge in [-0.15, -0.1) is 0 Å². The Hall–Kier alpha value is -3.56. The number of hydrogen-bond acceptors (Lipinski definition) is 4. The molecule has 35 heavy (non-hydrogen) atoms. The van der Waals surface area contributed by atoms with Crippen LogP contribution in [0.3, 0.4) is 0 Å². The van der Waals surface area contributed by atoms with E-state index in [0.717, 1.165) is 22.3 Å². The van der Waals surface area contributed by atoms with Crippen LogP contribution in [-0.4, -0.2) is 48.9 Å². The third-order valence-corrected chi connectivity index (χ3v) is 6.87. The summed E-state index contributed by atoms with van der Waals surface area (Å²) in [5.41, 5.74) is 2.70. The minimum absolute atomic E-state index is 0.0795. The number of aliphatic carboxylic acids is 1. The molecule has 1 unspecified atom stereocenters. The molecular weight excluding hydrogens is 465 g/mol. The number of benzene rings is 2. The van der Waals surface area contributed by atoms with Crippen molar-refractivity contribution in [3.8, 4) is 11.1 Å². The van der Waals surface area contributed by atoms with Gasteiger partial charge in [0.25, 0.3) is 0 Å². The Morgan fingerprint density at radius 2 is 1.57 bits per heavy atom. The van der Waals surface area contributed by atoms with Gasteiger partial charge in [0.15, 0.2) is 5.92 Å². The topological polar surface area (TPSA) is 105 Å². The summed E-state index contributed by atoms with van der Waals surface area (Å²) in [6.45, 7) is -1.49. The van der Waals surface area contributed by atoms with E-state index in [1.54, 1.807) is 0 Å². The van der Waals surface area contributed by atoms with E-state index in [-0.39, 0.29) is 25.4 Å². The third kappa shape index (κ3) is 4.96. The molecule has 1 atom stereocenters. The molecular formula is C25H25F3N2O5. The van der Waals surface area contributed by atoms with Crippen molar-refractivity contribution in [2.45, 2.75) is 31.4 Å². The lowest BCUT2D eigenvalue weighted by Crippen LogP contribution is -2.52. The van der Waals surface area contributed by atoms with Gasteiger partial charge in [-0.3, -0.25) is 9.59 Å². The van der Waals surface area contributed by atoms with Gasteiger partial charge in [-0.25, -0.2) is 4.79 Å². The molecule has 0 heterocycles. The van der Waals surface area contributed by atoms with Crippen LogP contribution >= 0.6 is 0 Å². The molecule has 0 aromatic heterocycles. The maximum atomic E-state index is 13.5. The van der Waals surface area contributed by atoms with Gasteiger partial charge in [0.05, 0.1) is 5.41 Å². The van der Waals surface area contributed by atoms with E-state index in [2.05, 4.69) is 5.32 Å². The van der Waals surface area contributed by atoms with Gasteiger partial charge in [0.2, 0.25) is 5.91 Å². The second-order valence-electron chi connectivity index (χ2n) is 8.96. The molecule has 0 saturated heterocycles. The highest BCUT2D eigenvalue weighted by atomic mass is 19.4. The smallest absolute Gasteiger partial charge is 0.407 e. The molecule has 4 rings (SSSR count). The molecule has 0 bridgehead atoms. The number of halogens is 3. The van der Waals surface area contributed by atoms with Crippen molar-refractivity contribution in [2.75, 3.05) is 19.7 Å². The van der Waals surface area contributed by atoms with Crippen LogP contribution in [0.15, 0.2) is 48.5 Å². The van der Waals surface area contributed by atoms with E-state index in [1.165, 1.54) is 0 Å². The Bertz CT molecular complexity index is 1080. The fourth-order valence-electron chi connectivity index (χ4n) is 4.64. The Labute approximate surface area is 199 Å². The third-order valence-electron chi connectivity index (χ3n) is 6.87. The van der Waals surface area contributed by atoms with Gasteiger partial charge in [-0.05, 0) is 35.1 Å². The molecule has 186 valence electrons. The number of alkyl carbamates (subject to hydrolysis) is 1. The Morgan fingerprint density at radius 3 is 2.06 bits per heavy atom. The quantitative estimate of drug-likeness (QED) is 0.518. The number of carbonyl (C=O) groups is 3. The largest absolute Gasteiger partial charge is 0.481 e. The molecule has 3 N–H and O–H groups in total. The number of amides is 2. The van der Waals surface area contributed by atoms with E-state index in [4.69, 9.17) is 4.74 Å². The summed E-state index contributed by atoms with van der Waals surface area (Å²) in [6.07, 6.45) is -4.80. The van der Waals surface area contributed by atoms with Crippen LogP contribution in [0.4, 0.5) is 18.0 Å². The predicted molar refractivity (Wildman–Crippen MR) is 120 cm³/mol. The fourth-order valence-corrected chi connectivity index (χ4v) is 4.64. The number of carboxylic acid groups (broad SMARTS) is 1. The highest BCUT2D eigenvalue weighted by molar-refractivity contribution is 5.82. The zero-order chi connectivity index (χ0) is 25.2. The Balaban J connectivity index is 1.34. The normalized spacial score (nSPS) is 16.9. The molecule has 10 heteroatoms. The van der Waals surface area contributed by atoms with Crippen molar-refractivity contribution in [1.29, 1.82) is 0 Å². The molecule has 2 aliphatic rings. The number of rotatable bonds is 8. The van der Waals surface area contributed by atoms with E-state index >= 15 is 0 Å². The molecule has 2 amide bonds. The number of carbonyl (C=O) groups excluding carboxylic acids is 2. The first-order valence-electron chi connectivity index (χ1n) is 11.3. The minimum Gasteiger partial charge on any atom is -0.481 e. The van der Waals surface area contributed by atoms with Gasteiger partial charge >= 0.3 is 18.2 Å². The van der Waals surface area contributed by atoms with Gasteiger partial charge in [0, 0.05) is 19.0 Å². The highest BCUT2D eigenvalue weighted by Gasteiger charge is 2.48. The monoisotopic (exact) mass is 490 g/mol. The Kier molecular flexibility index (Phi) is 6.73. The van der Waals surface area contributed by atoms with E-state index in [1.807, 2.05) is 53.8 Å².